The first-order valence-electron chi connectivity index (χ1n) is 6.67. The molecule has 2 rings (SSSR count). The van der Waals surface area contributed by atoms with E-state index in [9.17, 15) is 9.18 Å². The highest BCUT2D eigenvalue weighted by Gasteiger charge is 2.37. The van der Waals surface area contributed by atoms with Gasteiger partial charge in [-0.1, -0.05) is 44.2 Å². The molecule has 1 aromatic rings. The lowest BCUT2D eigenvalue weighted by Crippen LogP contribution is -2.30. The number of ether oxygens (including phenoxy) is 1. The highest BCUT2D eigenvalue weighted by atomic mass is 19.1. The fraction of sp³-hybridized carbons (Fsp3) is 0.533. The van der Waals surface area contributed by atoms with Gasteiger partial charge in [-0.2, -0.15) is 0 Å². The molecule has 0 aliphatic carbocycles. The van der Waals surface area contributed by atoms with Crippen LogP contribution in [0, 0.1) is 11.8 Å². The summed E-state index contributed by atoms with van der Waals surface area (Å²) in [7, 11) is 0. The van der Waals surface area contributed by atoms with Gasteiger partial charge in [0.1, 0.15) is 12.8 Å². The molecular weight excluding hydrogens is 245 g/mol. The summed E-state index contributed by atoms with van der Waals surface area (Å²) in [6.07, 6.45) is -1.36. The highest BCUT2D eigenvalue weighted by molar-refractivity contribution is 5.68. The maximum absolute atomic E-state index is 13.8. The van der Waals surface area contributed by atoms with E-state index in [2.05, 4.69) is 0 Å². The van der Waals surface area contributed by atoms with Crippen LogP contribution in [-0.4, -0.2) is 30.3 Å². The van der Waals surface area contributed by atoms with Crippen LogP contribution in [0.3, 0.4) is 0 Å². The zero-order valence-electron chi connectivity index (χ0n) is 11.4. The Bertz CT molecular complexity index is 421. The molecule has 1 fully saturated rings. The van der Waals surface area contributed by atoms with E-state index in [-0.39, 0.29) is 25.0 Å². The summed E-state index contributed by atoms with van der Waals surface area (Å²) in [6, 6.07) is 9.49. The predicted molar refractivity (Wildman–Crippen MR) is 71.4 cm³/mol. The summed E-state index contributed by atoms with van der Waals surface area (Å²) in [5.41, 5.74) is 0.937. The van der Waals surface area contributed by atoms with E-state index in [1.807, 2.05) is 44.2 Å². The Balaban J connectivity index is 1.85. The maximum Gasteiger partial charge on any atom is 0.410 e. The molecule has 2 unspecified atom stereocenters. The second-order valence-electron chi connectivity index (χ2n) is 5.37. The molecule has 2 atom stereocenters. The monoisotopic (exact) mass is 265 g/mol. The number of benzene rings is 1. The molecular formula is C15H20FNO2. The number of hydrogen-bond acceptors (Lipinski definition) is 2. The molecule has 0 bridgehead atoms. The van der Waals surface area contributed by atoms with Crippen molar-refractivity contribution in [3.05, 3.63) is 35.9 Å². The van der Waals surface area contributed by atoms with Gasteiger partial charge < -0.3 is 9.64 Å². The lowest BCUT2D eigenvalue weighted by molar-refractivity contribution is 0.101. The molecule has 19 heavy (non-hydrogen) atoms. The first-order chi connectivity index (χ1) is 9.08. The minimum Gasteiger partial charge on any atom is -0.445 e. The number of nitrogens with zero attached hydrogens (tertiary/aromatic N) is 1. The summed E-state index contributed by atoms with van der Waals surface area (Å²) in [5, 5.41) is 0. The number of alkyl halides is 1. The van der Waals surface area contributed by atoms with Crippen molar-refractivity contribution < 1.29 is 13.9 Å². The smallest absolute Gasteiger partial charge is 0.410 e. The summed E-state index contributed by atoms with van der Waals surface area (Å²) in [5.74, 6) is 0.159. The van der Waals surface area contributed by atoms with Crippen molar-refractivity contribution >= 4 is 6.09 Å². The standard InChI is InChI=1S/C15H20FNO2/c1-11(2)13-8-17(9-14(13)16)15(18)19-10-12-6-4-3-5-7-12/h3-7,11,13-14H,8-10H2,1-2H3. The Morgan fingerprint density at radius 2 is 2.05 bits per heavy atom. The zero-order valence-corrected chi connectivity index (χ0v) is 11.4. The molecule has 1 aromatic carbocycles. The molecule has 1 amide bonds. The second kappa shape index (κ2) is 6.04. The highest BCUT2D eigenvalue weighted by Crippen LogP contribution is 2.27. The van der Waals surface area contributed by atoms with Crippen LogP contribution in [0.4, 0.5) is 9.18 Å². The van der Waals surface area contributed by atoms with Crippen LogP contribution in [0.5, 0.6) is 0 Å². The normalized spacial score (nSPS) is 22.8. The molecule has 1 aliphatic heterocycles. The summed E-state index contributed by atoms with van der Waals surface area (Å²) < 4.78 is 19.0. The van der Waals surface area contributed by atoms with Gasteiger partial charge in [0.05, 0.1) is 6.54 Å². The van der Waals surface area contributed by atoms with Gasteiger partial charge in [-0.25, -0.2) is 9.18 Å². The molecule has 3 nitrogen and oxygen atoms in total. The second-order valence-corrected chi connectivity index (χ2v) is 5.37. The Morgan fingerprint density at radius 1 is 1.37 bits per heavy atom. The van der Waals surface area contributed by atoms with E-state index < -0.39 is 12.3 Å². The van der Waals surface area contributed by atoms with Gasteiger partial charge in [0, 0.05) is 12.5 Å². The third-order valence-corrected chi connectivity index (χ3v) is 3.61. The van der Waals surface area contributed by atoms with E-state index in [4.69, 9.17) is 4.74 Å². The fourth-order valence-electron chi connectivity index (χ4n) is 2.38. The molecule has 0 aromatic heterocycles. The first kappa shape index (κ1) is 13.8. The van der Waals surface area contributed by atoms with Gasteiger partial charge in [0.15, 0.2) is 0 Å². The van der Waals surface area contributed by atoms with E-state index in [0.29, 0.717) is 6.54 Å². The Hall–Kier alpha value is -1.58. The molecule has 1 heterocycles. The number of hydrogen-bond donors (Lipinski definition) is 0. The lowest BCUT2D eigenvalue weighted by atomic mass is 9.94. The van der Waals surface area contributed by atoms with Crippen LogP contribution in [0.2, 0.25) is 0 Å². The molecule has 0 N–H and O–H groups in total. The third kappa shape index (κ3) is 3.46. The fourth-order valence-corrected chi connectivity index (χ4v) is 2.38. The molecule has 104 valence electrons. The quantitative estimate of drug-likeness (QED) is 0.839. The van der Waals surface area contributed by atoms with Crippen LogP contribution >= 0.6 is 0 Å². The number of carbonyl (C=O) groups is 1. The molecule has 0 spiro atoms. The van der Waals surface area contributed by atoms with Gasteiger partial charge in [0.2, 0.25) is 0 Å². The van der Waals surface area contributed by atoms with E-state index >= 15 is 0 Å². The minimum absolute atomic E-state index is 0.0794. The Kier molecular flexibility index (Phi) is 4.40. The van der Waals surface area contributed by atoms with Gasteiger partial charge in [-0.15, -0.1) is 0 Å². The van der Waals surface area contributed by atoms with Crippen LogP contribution < -0.4 is 0 Å². The first-order valence-corrected chi connectivity index (χ1v) is 6.67. The SMILES string of the molecule is CC(C)C1CN(C(=O)OCc2ccccc2)CC1F. The minimum atomic E-state index is -0.940. The average Bonchev–Trinajstić information content (AvgIpc) is 2.79. The number of halogens is 1. The number of carbonyl (C=O) groups excluding carboxylic acids is 1. The lowest BCUT2D eigenvalue weighted by Gasteiger charge is -2.17. The van der Waals surface area contributed by atoms with Crippen molar-refractivity contribution in [2.75, 3.05) is 13.1 Å². The number of likely N-dealkylation sites (tertiary alicyclic amines) is 1. The van der Waals surface area contributed by atoms with E-state index in [0.717, 1.165) is 5.56 Å². The van der Waals surface area contributed by atoms with Crippen LogP contribution in [-0.2, 0) is 11.3 Å². The van der Waals surface area contributed by atoms with Gasteiger partial charge in [0.25, 0.3) is 0 Å². The van der Waals surface area contributed by atoms with Crippen molar-refractivity contribution in [3.8, 4) is 0 Å². The van der Waals surface area contributed by atoms with Crippen LogP contribution in [0.15, 0.2) is 30.3 Å². The Labute approximate surface area is 113 Å². The van der Waals surface area contributed by atoms with Gasteiger partial charge in [-0.3, -0.25) is 0 Å². The van der Waals surface area contributed by atoms with Crippen LogP contribution in [0.25, 0.3) is 0 Å². The van der Waals surface area contributed by atoms with E-state index in [1.165, 1.54) is 4.90 Å². The van der Waals surface area contributed by atoms with Crippen molar-refractivity contribution in [2.45, 2.75) is 26.6 Å². The molecule has 1 aliphatic rings. The maximum atomic E-state index is 13.8. The predicted octanol–water partition coefficient (Wildman–Crippen LogP) is 3.25. The van der Waals surface area contributed by atoms with Crippen molar-refractivity contribution in [2.24, 2.45) is 11.8 Å². The third-order valence-electron chi connectivity index (χ3n) is 3.61. The van der Waals surface area contributed by atoms with Gasteiger partial charge >= 0.3 is 6.09 Å². The molecule has 4 heteroatoms. The largest absolute Gasteiger partial charge is 0.445 e. The number of rotatable bonds is 3. The van der Waals surface area contributed by atoms with E-state index in [1.54, 1.807) is 0 Å². The van der Waals surface area contributed by atoms with Crippen molar-refractivity contribution in [3.63, 3.8) is 0 Å². The number of amides is 1. The molecule has 0 saturated carbocycles. The topological polar surface area (TPSA) is 29.5 Å². The molecule has 1 saturated heterocycles. The van der Waals surface area contributed by atoms with Crippen molar-refractivity contribution in [1.29, 1.82) is 0 Å². The molecule has 0 radical (unpaired) electrons. The summed E-state index contributed by atoms with van der Waals surface area (Å²) in [6.45, 7) is 4.80. The summed E-state index contributed by atoms with van der Waals surface area (Å²) >= 11 is 0. The van der Waals surface area contributed by atoms with Crippen molar-refractivity contribution in [1.82, 2.24) is 4.90 Å². The summed E-state index contributed by atoms with van der Waals surface area (Å²) in [4.78, 5) is 13.3. The average molecular weight is 265 g/mol. The Morgan fingerprint density at radius 3 is 2.63 bits per heavy atom. The van der Waals surface area contributed by atoms with Crippen LogP contribution in [0.1, 0.15) is 19.4 Å². The van der Waals surface area contributed by atoms with Gasteiger partial charge in [-0.05, 0) is 11.5 Å². The zero-order chi connectivity index (χ0) is 13.8.